The molecule has 2 aliphatic heterocycles. The number of nitrogens with zero attached hydrogens (tertiary/aromatic N) is 3. The summed E-state index contributed by atoms with van der Waals surface area (Å²) in [5.41, 5.74) is 0.579. The quantitative estimate of drug-likeness (QED) is 0.720. The molecule has 2 fully saturated rings. The second kappa shape index (κ2) is 10.3. The van der Waals surface area contributed by atoms with Gasteiger partial charge in [0.25, 0.3) is 0 Å². The van der Waals surface area contributed by atoms with Crippen molar-refractivity contribution in [3.63, 3.8) is 0 Å². The normalized spacial score (nSPS) is 24.3. The number of likely N-dealkylation sites (tertiary alicyclic amines) is 1. The number of aliphatic hydroxyl groups is 1. The Morgan fingerprint density at radius 3 is 2.71 bits per heavy atom. The first kappa shape index (κ1) is 23.3. The van der Waals surface area contributed by atoms with E-state index in [0.29, 0.717) is 62.2 Å². The number of aliphatic hydroxyl groups excluding tert-OH is 1. The fourth-order valence-electron chi connectivity index (χ4n) is 4.29. The van der Waals surface area contributed by atoms with Crippen LogP contribution < -0.4 is 5.32 Å². The molecule has 2 saturated heterocycles. The average molecular weight is 451 g/mol. The Balaban J connectivity index is 1.46. The molecule has 170 valence electrons. The summed E-state index contributed by atoms with van der Waals surface area (Å²) in [5.74, 6) is 0.189. The second-order valence-corrected chi connectivity index (χ2v) is 8.97. The molecular formula is C22H31ClN4O4. The number of halogens is 1. The Bertz CT molecular complexity index is 810. The maximum absolute atomic E-state index is 12.8. The zero-order chi connectivity index (χ0) is 22.5. The lowest BCUT2D eigenvalue weighted by atomic mass is 9.97. The van der Waals surface area contributed by atoms with Gasteiger partial charge in [-0.1, -0.05) is 24.6 Å². The SMILES string of the molecule is CC1CC(O)CN(C(=O)CCCN2CCN(C(=O)Nc3cccc(Cl)c3)C(C)C2=O)C1. The van der Waals surface area contributed by atoms with Gasteiger partial charge in [0, 0.05) is 49.9 Å². The average Bonchev–Trinajstić information content (AvgIpc) is 2.70. The smallest absolute Gasteiger partial charge is 0.322 e. The highest BCUT2D eigenvalue weighted by Crippen LogP contribution is 2.19. The molecule has 9 heteroatoms. The Morgan fingerprint density at radius 2 is 2.00 bits per heavy atom. The van der Waals surface area contributed by atoms with E-state index in [0.717, 1.165) is 6.42 Å². The minimum Gasteiger partial charge on any atom is -0.391 e. The summed E-state index contributed by atoms with van der Waals surface area (Å²) in [6.45, 7) is 6.14. The van der Waals surface area contributed by atoms with Crippen LogP contribution >= 0.6 is 11.6 Å². The predicted molar refractivity (Wildman–Crippen MR) is 119 cm³/mol. The van der Waals surface area contributed by atoms with Crippen LogP contribution in [0.2, 0.25) is 5.02 Å². The van der Waals surface area contributed by atoms with Gasteiger partial charge in [-0.25, -0.2) is 4.79 Å². The maximum atomic E-state index is 12.8. The molecule has 31 heavy (non-hydrogen) atoms. The van der Waals surface area contributed by atoms with Crippen LogP contribution in [0.15, 0.2) is 24.3 Å². The van der Waals surface area contributed by atoms with Crippen LogP contribution in [0.25, 0.3) is 0 Å². The lowest BCUT2D eigenvalue weighted by molar-refractivity contribution is -0.140. The molecule has 2 heterocycles. The van der Waals surface area contributed by atoms with Crippen molar-refractivity contribution in [3.8, 4) is 0 Å². The van der Waals surface area contributed by atoms with Gasteiger partial charge in [0.1, 0.15) is 6.04 Å². The number of hydrogen-bond acceptors (Lipinski definition) is 4. The molecule has 0 spiro atoms. The van der Waals surface area contributed by atoms with Crippen LogP contribution in [-0.4, -0.2) is 82.5 Å². The van der Waals surface area contributed by atoms with Crippen LogP contribution in [0.3, 0.4) is 0 Å². The van der Waals surface area contributed by atoms with Crippen molar-refractivity contribution in [3.05, 3.63) is 29.3 Å². The van der Waals surface area contributed by atoms with Crippen molar-refractivity contribution >= 4 is 35.1 Å². The monoisotopic (exact) mass is 450 g/mol. The first-order valence-electron chi connectivity index (χ1n) is 10.8. The van der Waals surface area contributed by atoms with Crippen molar-refractivity contribution in [2.75, 3.05) is 38.0 Å². The number of β-amino-alcohol motifs (C(OH)–C–C–N with tert-alkyl or cyclic N) is 1. The Kier molecular flexibility index (Phi) is 7.78. The zero-order valence-corrected chi connectivity index (χ0v) is 18.8. The van der Waals surface area contributed by atoms with Crippen LogP contribution in [0, 0.1) is 5.92 Å². The highest BCUT2D eigenvalue weighted by atomic mass is 35.5. The van der Waals surface area contributed by atoms with E-state index in [-0.39, 0.29) is 17.8 Å². The number of amides is 4. The number of anilines is 1. The molecular weight excluding hydrogens is 420 g/mol. The predicted octanol–water partition coefficient (Wildman–Crippen LogP) is 2.41. The summed E-state index contributed by atoms with van der Waals surface area (Å²) in [6, 6.07) is 5.95. The molecule has 0 aliphatic carbocycles. The van der Waals surface area contributed by atoms with Gasteiger partial charge in [0.15, 0.2) is 0 Å². The highest BCUT2D eigenvalue weighted by molar-refractivity contribution is 6.30. The highest BCUT2D eigenvalue weighted by Gasteiger charge is 2.34. The van der Waals surface area contributed by atoms with E-state index in [2.05, 4.69) is 5.32 Å². The molecule has 4 amide bonds. The van der Waals surface area contributed by atoms with Gasteiger partial charge >= 0.3 is 6.03 Å². The first-order chi connectivity index (χ1) is 14.7. The van der Waals surface area contributed by atoms with E-state index in [1.54, 1.807) is 41.0 Å². The lowest BCUT2D eigenvalue weighted by Gasteiger charge is -2.39. The second-order valence-electron chi connectivity index (χ2n) is 8.53. The fraction of sp³-hybridized carbons (Fsp3) is 0.591. The van der Waals surface area contributed by atoms with E-state index in [1.165, 1.54) is 4.90 Å². The van der Waals surface area contributed by atoms with Crippen LogP contribution in [-0.2, 0) is 9.59 Å². The molecule has 1 aromatic carbocycles. The summed E-state index contributed by atoms with van der Waals surface area (Å²) in [7, 11) is 0. The maximum Gasteiger partial charge on any atom is 0.322 e. The summed E-state index contributed by atoms with van der Waals surface area (Å²) < 4.78 is 0. The number of urea groups is 1. The molecule has 8 nitrogen and oxygen atoms in total. The molecule has 0 saturated carbocycles. The summed E-state index contributed by atoms with van der Waals surface area (Å²) in [4.78, 5) is 42.8. The molecule has 0 radical (unpaired) electrons. The standard InChI is InChI=1S/C22H31ClN4O4/c1-15-11-19(28)14-26(13-15)20(29)7-4-8-25-9-10-27(16(2)21(25)30)22(31)24-18-6-3-5-17(23)12-18/h3,5-6,12,15-16,19,28H,4,7-11,13-14H2,1-2H3,(H,24,31). The van der Waals surface area contributed by atoms with Gasteiger partial charge < -0.3 is 25.1 Å². The lowest BCUT2D eigenvalue weighted by Crippen LogP contribution is -2.58. The van der Waals surface area contributed by atoms with E-state index in [1.807, 2.05) is 6.92 Å². The molecule has 2 aliphatic rings. The van der Waals surface area contributed by atoms with E-state index in [4.69, 9.17) is 11.6 Å². The number of carbonyl (C=O) groups is 3. The first-order valence-corrected chi connectivity index (χ1v) is 11.2. The van der Waals surface area contributed by atoms with Crippen molar-refractivity contribution in [2.24, 2.45) is 5.92 Å². The Morgan fingerprint density at radius 1 is 1.23 bits per heavy atom. The summed E-state index contributed by atoms with van der Waals surface area (Å²) >= 11 is 5.95. The summed E-state index contributed by atoms with van der Waals surface area (Å²) in [6.07, 6.45) is 1.18. The molecule has 0 aromatic heterocycles. The van der Waals surface area contributed by atoms with Gasteiger partial charge in [-0.15, -0.1) is 0 Å². The number of nitrogens with one attached hydrogen (secondary N) is 1. The van der Waals surface area contributed by atoms with Crippen molar-refractivity contribution in [1.82, 2.24) is 14.7 Å². The fourth-order valence-corrected chi connectivity index (χ4v) is 4.48. The molecule has 1 aromatic rings. The van der Waals surface area contributed by atoms with Gasteiger partial charge in [-0.2, -0.15) is 0 Å². The van der Waals surface area contributed by atoms with E-state index < -0.39 is 12.1 Å². The van der Waals surface area contributed by atoms with Crippen molar-refractivity contribution in [2.45, 2.75) is 45.3 Å². The van der Waals surface area contributed by atoms with Gasteiger partial charge in [0.2, 0.25) is 11.8 Å². The topological polar surface area (TPSA) is 93.2 Å². The van der Waals surface area contributed by atoms with Gasteiger partial charge in [-0.05, 0) is 43.9 Å². The van der Waals surface area contributed by atoms with Crippen LogP contribution in [0.5, 0.6) is 0 Å². The number of hydrogen-bond donors (Lipinski definition) is 2. The zero-order valence-electron chi connectivity index (χ0n) is 18.1. The largest absolute Gasteiger partial charge is 0.391 e. The van der Waals surface area contributed by atoms with Gasteiger partial charge in [0.05, 0.1) is 6.10 Å². The minimum absolute atomic E-state index is 0.0191. The number of carbonyl (C=O) groups excluding carboxylic acids is 3. The Hall–Kier alpha value is -2.32. The van der Waals surface area contributed by atoms with Crippen molar-refractivity contribution in [1.29, 1.82) is 0 Å². The van der Waals surface area contributed by atoms with E-state index >= 15 is 0 Å². The van der Waals surface area contributed by atoms with Gasteiger partial charge in [-0.3, -0.25) is 9.59 Å². The number of piperidine rings is 1. The van der Waals surface area contributed by atoms with Crippen LogP contribution in [0.1, 0.15) is 33.1 Å². The minimum atomic E-state index is -0.582. The summed E-state index contributed by atoms with van der Waals surface area (Å²) in [5, 5.41) is 13.2. The molecule has 3 unspecified atom stereocenters. The molecule has 3 atom stereocenters. The van der Waals surface area contributed by atoms with Crippen molar-refractivity contribution < 1.29 is 19.5 Å². The third kappa shape index (κ3) is 6.11. The Labute approximate surface area is 188 Å². The number of piperazine rings is 1. The van der Waals surface area contributed by atoms with E-state index in [9.17, 15) is 19.5 Å². The molecule has 0 bridgehead atoms. The number of rotatable bonds is 5. The third-order valence-electron chi connectivity index (χ3n) is 5.89. The van der Waals surface area contributed by atoms with Crippen LogP contribution in [0.4, 0.5) is 10.5 Å². The molecule has 3 rings (SSSR count). The molecule has 2 N–H and O–H groups in total. The third-order valence-corrected chi connectivity index (χ3v) is 6.13. The number of benzene rings is 1.